The van der Waals surface area contributed by atoms with Crippen molar-refractivity contribution < 1.29 is 14.3 Å². The van der Waals surface area contributed by atoms with Gasteiger partial charge in [0.2, 0.25) is 5.91 Å². The van der Waals surface area contributed by atoms with Crippen molar-refractivity contribution in [3.8, 4) is 5.75 Å². The molecule has 0 bridgehead atoms. The molecule has 0 unspecified atom stereocenters. The largest absolute Gasteiger partial charge is 0.492 e. The Morgan fingerprint density at radius 3 is 2.60 bits per heavy atom. The summed E-state index contributed by atoms with van der Waals surface area (Å²) < 4.78 is 5.69. The van der Waals surface area contributed by atoms with Crippen LogP contribution in [-0.4, -0.2) is 24.5 Å². The van der Waals surface area contributed by atoms with E-state index in [1.165, 1.54) is 0 Å². The lowest BCUT2D eigenvalue weighted by atomic mass is 9.96. The summed E-state index contributed by atoms with van der Waals surface area (Å²) in [7, 11) is 0. The van der Waals surface area contributed by atoms with Crippen molar-refractivity contribution in [1.29, 1.82) is 0 Å². The molecule has 5 nitrogen and oxygen atoms in total. The molecule has 0 aromatic heterocycles. The number of anilines is 1. The van der Waals surface area contributed by atoms with Gasteiger partial charge in [-0.2, -0.15) is 0 Å². The molecule has 0 spiro atoms. The van der Waals surface area contributed by atoms with Gasteiger partial charge >= 0.3 is 0 Å². The van der Waals surface area contributed by atoms with E-state index in [2.05, 4.69) is 10.6 Å². The second kappa shape index (κ2) is 6.59. The molecule has 1 atom stereocenters. The van der Waals surface area contributed by atoms with Gasteiger partial charge in [-0.25, -0.2) is 0 Å². The predicted molar refractivity (Wildman–Crippen MR) is 94.7 cm³/mol. The fraction of sp³-hybridized carbons (Fsp3) is 0.300. The molecule has 2 N–H and O–H groups in total. The van der Waals surface area contributed by atoms with Crippen molar-refractivity contribution in [2.45, 2.75) is 25.3 Å². The number of hydrogen-bond donors (Lipinski definition) is 2. The lowest BCUT2D eigenvalue weighted by Crippen LogP contribution is -2.33. The summed E-state index contributed by atoms with van der Waals surface area (Å²) in [5, 5.41) is 5.87. The van der Waals surface area contributed by atoms with Crippen molar-refractivity contribution in [2.24, 2.45) is 5.92 Å². The predicted octanol–water partition coefficient (Wildman–Crippen LogP) is 2.77. The summed E-state index contributed by atoms with van der Waals surface area (Å²) in [4.78, 5) is 25.0. The molecule has 0 radical (unpaired) electrons. The van der Waals surface area contributed by atoms with E-state index in [9.17, 15) is 9.59 Å². The first-order valence-electron chi connectivity index (χ1n) is 8.62. The van der Waals surface area contributed by atoms with Crippen LogP contribution in [-0.2, 0) is 11.2 Å². The molecule has 1 heterocycles. The van der Waals surface area contributed by atoms with Crippen molar-refractivity contribution >= 4 is 17.5 Å². The number of carbonyl (C=O) groups is 2. The van der Waals surface area contributed by atoms with Crippen LogP contribution in [0.15, 0.2) is 48.5 Å². The average Bonchev–Trinajstić information content (AvgIpc) is 3.45. The normalized spacial score (nSPS) is 18.6. The number of carbonyl (C=O) groups excluding carboxylic acids is 2. The number of fused-ring (bicyclic) bond motifs is 1. The summed E-state index contributed by atoms with van der Waals surface area (Å²) in [6.07, 6.45) is 2.69. The van der Waals surface area contributed by atoms with Crippen LogP contribution in [0.1, 0.15) is 28.8 Å². The Hall–Kier alpha value is -2.82. The van der Waals surface area contributed by atoms with E-state index < -0.39 is 0 Å². The van der Waals surface area contributed by atoms with Gasteiger partial charge in [0.1, 0.15) is 12.4 Å². The molecule has 2 amide bonds. The molecular weight excluding hydrogens is 316 g/mol. The Morgan fingerprint density at radius 2 is 1.76 bits per heavy atom. The molecule has 2 aromatic rings. The number of rotatable bonds is 4. The third-order valence-electron chi connectivity index (χ3n) is 4.59. The molecule has 5 heteroatoms. The minimum Gasteiger partial charge on any atom is -0.492 e. The van der Waals surface area contributed by atoms with Crippen LogP contribution in [0.4, 0.5) is 5.69 Å². The van der Waals surface area contributed by atoms with Crippen LogP contribution in [0.3, 0.4) is 0 Å². The number of ether oxygens (including phenoxy) is 1. The van der Waals surface area contributed by atoms with Crippen LogP contribution >= 0.6 is 0 Å². The van der Waals surface area contributed by atoms with E-state index in [1.54, 1.807) is 18.2 Å². The van der Waals surface area contributed by atoms with Crippen molar-refractivity contribution in [3.05, 3.63) is 59.7 Å². The lowest BCUT2D eigenvalue weighted by Gasteiger charge is -2.24. The maximum Gasteiger partial charge on any atom is 0.253 e. The number of nitrogens with one attached hydrogen (secondary N) is 2. The first-order valence-corrected chi connectivity index (χ1v) is 8.62. The Labute approximate surface area is 146 Å². The average molecular weight is 336 g/mol. The molecular formula is C20H20N2O3. The van der Waals surface area contributed by atoms with E-state index in [1.807, 2.05) is 30.3 Å². The molecule has 2 aromatic carbocycles. The van der Waals surface area contributed by atoms with E-state index in [-0.39, 0.29) is 23.8 Å². The van der Waals surface area contributed by atoms with E-state index in [4.69, 9.17) is 4.74 Å². The Bertz CT molecular complexity index is 814. The quantitative estimate of drug-likeness (QED) is 0.902. The summed E-state index contributed by atoms with van der Waals surface area (Å²) in [6, 6.07) is 15.2. The van der Waals surface area contributed by atoms with Crippen LogP contribution in [0.5, 0.6) is 5.75 Å². The van der Waals surface area contributed by atoms with Gasteiger partial charge in [-0.15, -0.1) is 0 Å². The molecule has 4 rings (SSSR count). The SMILES string of the molecule is O=C(NC1CC1)c1ccccc1NC(=O)[C@@H]1COc2ccccc2C1. The van der Waals surface area contributed by atoms with Gasteiger partial charge in [0.25, 0.3) is 5.91 Å². The minimum absolute atomic E-state index is 0.124. The summed E-state index contributed by atoms with van der Waals surface area (Å²) in [6.45, 7) is 0.347. The van der Waals surface area contributed by atoms with Gasteiger partial charge in [0.05, 0.1) is 17.2 Å². The van der Waals surface area contributed by atoms with Crippen molar-refractivity contribution in [2.75, 3.05) is 11.9 Å². The number of para-hydroxylation sites is 2. The number of hydrogen-bond acceptors (Lipinski definition) is 3. The van der Waals surface area contributed by atoms with Gasteiger partial charge in [-0.3, -0.25) is 9.59 Å². The minimum atomic E-state index is -0.269. The Balaban J connectivity index is 1.47. The maximum absolute atomic E-state index is 12.7. The highest BCUT2D eigenvalue weighted by atomic mass is 16.5. The highest BCUT2D eigenvalue weighted by Crippen LogP contribution is 2.28. The monoisotopic (exact) mass is 336 g/mol. The molecule has 1 saturated carbocycles. The third-order valence-corrected chi connectivity index (χ3v) is 4.59. The molecule has 2 aliphatic rings. The summed E-state index contributed by atoms with van der Waals surface area (Å²) in [5.41, 5.74) is 2.08. The zero-order valence-corrected chi connectivity index (χ0v) is 13.8. The second-order valence-electron chi connectivity index (χ2n) is 6.60. The topological polar surface area (TPSA) is 67.4 Å². The fourth-order valence-corrected chi connectivity index (χ4v) is 3.01. The highest BCUT2D eigenvalue weighted by molar-refractivity contribution is 6.04. The maximum atomic E-state index is 12.7. The molecule has 1 fully saturated rings. The van der Waals surface area contributed by atoms with E-state index >= 15 is 0 Å². The van der Waals surface area contributed by atoms with Crippen LogP contribution in [0.2, 0.25) is 0 Å². The van der Waals surface area contributed by atoms with Crippen LogP contribution < -0.4 is 15.4 Å². The van der Waals surface area contributed by atoms with E-state index in [0.717, 1.165) is 24.2 Å². The zero-order valence-electron chi connectivity index (χ0n) is 13.8. The van der Waals surface area contributed by atoms with Gasteiger partial charge in [0, 0.05) is 6.04 Å². The van der Waals surface area contributed by atoms with Crippen molar-refractivity contribution in [1.82, 2.24) is 5.32 Å². The van der Waals surface area contributed by atoms with Crippen LogP contribution in [0.25, 0.3) is 0 Å². The van der Waals surface area contributed by atoms with Gasteiger partial charge < -0.3 is 15.4 Å². The van der Waals surface area contributed by atoms with Crippen LogP contribution in [0, 0.1) is 5.92 Å². The van der Waals surface area contributed by atoms with E-state index in [0.29, 0.717) is 24.3 Å². The third kappa shape index (κ3) is 3.50. The smallest absolute Gasteiger partial charge is 0.253 e. The highest BCUT2D eigenvalue weighted by Gasteiger charge is 2.28. The second-order valence-corrected chi connectivity index (χ2v) is 6.60. The molecule has 0 saturated heterocycles. The van der Waals surface area contributed by atoms with Crippen molar-refractivity contribution in [3.63, 3.8) is 0 Å². The standard InChI is InChI=1S/C20H20N2O3/c23-19(14-11-13-5-1-4-8-18(13)25-12-14)22-17-7-3-2-6-16(17)20(24)21-15-9-10-15/h1-8,14-15H,9-12H2,(H,21,24)(H,22,23)/t14-/m0/s1. The fourth-order valence-electron chi connectivity index (χ4n) is 3.01. The molecule has 1 aliphatic heterocycles. The summed E-state index contributed by atoms with van der Waals surface area (Å²) >= 11 is 0. The molecule has 128 valence electrons. The van der Waals surface area contributed by atoms with Gasteiger partial charge in [-0.05, 0) is 43.0 Å². The summed E-state index contributed by atoms with van der Waals surface area (Å²) in [5.74, 6) is 0.315. The zero-order chi connectivity index (χ0) is 17.2. The Kier molecular flexibility index (Phi) is 4.14. The number of amides is 2. The molecule has 25 heavy (non-hydrogen) atoms. The first kappa shape index (κ1) is 15.7. The van der Waals surface area contributed by atoms with Gasteiger partial charge in [-0.1, -0.05) is 30.3 Å². The first-order chi connectivity index (χ1) is 12.2. The Morgan fingerprint density at radius 1 is 1.00 bits per heavy atom. The van der Waals surface area contributed by atoms with Gasteiger partial charge in [0.15, 0.2) is 0 Å². The molecule has 1 aliphatic carbocycles. The lowest BCUT2D eigenvalue weighted by molar-refractivity contribution is -0.121. The number of benzene rings is 2.